The number of piperidine rings is 1. The predicted molar refractivity (Wildman–Crippen MR) is 98.6 cm³/mol. The van der Waals surface area contributed by atoms with Gasteiger partial charge in [0.1, 0.15) is 0 Å². The molecule has 2 aromatic rings. The van der Waals surface area contributed by atoms with Gasteiger partial charge in [0.15, 0.2) is 0 Å². The summed E-state index contributed by atoms with van der Waals surface area (Å²) >= 11 is 0. The fourth-order valence-corrected chi connectivity index (χ4v) is 5.19. The van der Waals surface area contributed by atoms with Crippen molar-refractivity contribution in [1.82, 2.24) is 9.88 Å². The summed E-state index contributed by atoms with van der Waals surface area (Å²) in [6.07, 6.45) is 3.77. The summed E-state index contributed by atoms with van der Waals surface area (Å²) in [4.78, 5) is 18.5. The second kappa shape index (κ2) is 5.88. The number of esters is 1. The number of hydrogen-bond acceptors (Lipinski definition) is 4. The molecule has 4 heterocycles. The summed E-state index contributed by atoms with van der Waals surface area (Å²) in [6.45, 7) is 4.13. The molecule has 136 valence electrons. The lowest BCUT2D eigenvalue weighted by Crippen LogP contribution is -2.51. The van der Waals surface area contributed by atoms with Gasteiger partial charge in [-0.1, -0.05) is 18.2 Å². The van der Waals surface area contributed by atoms with Crippen LogP contribution >= 0.6 is 0 Å². The largest absolute Gasteiger partial charge is 0.497 e. The molecule has 0 aliphatic carbocycles. The van der Waals surface area contributed by atoms with Crippen molar-refractivity contribution in [1.29, 1.82) is 0 Å². The highest BCUT2D eigenvalue weighted by Gasteiger charge is 2.46. The molecule has 4 atom stereocenters. The Morgan fingerprint density at radius 3 is 3.04 bits per heavy atom. The molecular formula is C21H24N2O3. The van der Waals surface area contributed by atoms with Gasteiger partial charge in [-0.2, -0.15) is 0 Å². The van der Waals surface area contributed by atoms with E-state index < -0.39 is 0 Å². The van der Waals surface area contributed by atoms with Crippen LogP contribution in [-0.2, 0) is 20.7 Å². The zero-order chi connectivity index (χ0) is 17.8. The molecular weight excluding hydrogens is 328 g/mol. The molecule has 0 saturated carbocycles. The van der Waals surface area contributed by atoms with E-state index in [0.717, 1.165) is 25.9 Å². The van der Waals surface area contributed by atoms with Gasteiger partial charge in [0, 0.05) is 41.5 Å². The number of benzene rings is 1. The number of methoxy groups -OCH3 is 1. The minimum Gasteiger partial charge on any atom is -0.497 e. The molecule has 0 radical (unpaired) electrons. The quantitative estimate of drug-likeness (QED) is 0.801. The van der Waals surface area contributed by atoms with Gasteiger partial charge in [0.2, 0.25) is 0 Å². The zero-order valence-electron chi connectivity index (χ0n) is 15.2. The Morgan fingerprint density at radius 2 is 2.19 bits per heavy atom. The maximum atomic E-state index is 12.3. The van der Waals surface area contributed by atoms with Crippen LogP contribution in [0.15, 0.2) is 36.1 Å². The number of H-pyrrole nitrogens is 1. The monoisotopic (exact) mass is 352 g/mol. The third-order valence-corrected chi connectivity index (χ3v) is 6.54. The lowest BCUT2D eigenvalue weighted by atomic mass is 9.72. The summed E-state index contributed by atoms with van der Waals surface area (Å²) < 4.78 is 10.8. The van der Waals surface area contributed by atoms with Gasteiger partial charge in [-0.3, -0.25) is 4.90 Å². The molecule has 5 rings (SSSR count). The number of para-hydroxylation sites is 1. The van der Waals surface area contributed by atoms with Crippen LogP contribution < -0.4 is 0 Å². The van der Waals surface area contributed by atoms with Crippen molar-refractivity contribution >= 4 is 16.9 Å². The van der Waals surface area contributed by atoms with Crippen LogP contribution in [0.5, 0.6) is 0 Å². The molecule has 1 N–H and O–H groups in total. The van der Waals surface area contributed by atoms with E-state index in [2.05, 4.69) is 41.1 Å². The molecule has 3 unspecified atom stereocenters. The maximum absolute atomic E-state index is 12.3. The molecule has 5 nitrogen and oxygen atoms in total. The van der Waals surface area contributed by atoms with Gasteiger partial charge >= 0.3 is 5.97 Å². The molecule has 1 aromatic carbocycles. The van der Waals surface area contributed by atoms with Gasteiger partial charge < -0.3 is 14.5 Å². The van der Waals surface area contributed by atoms with Gasteiger partial charge in [-0.25, -0.2) is 4.79 Å². The molecule has 1 fully saturated rings. The number of aromatic amines is 1. The van der Waals surface area contributed by atoms with Crippen molar-refractivity contribution in [3.63, 3.8) is 0 Å². The van der Waals surface area contributed by atoms with Crippen molar-refractivity contribution in [3.8, 4) is 0 Å². The zero-order valence-corrected chi connectivity index (χ0v) is 15.2. The SMILES string of the molecule is COC(=O)C1=CO[C@H](C)C2CN3CCc4c([nH]c5ccccc45)C3CC12. The standard InChI is InChI=1S/C21H24N2O3/c1-12-16-10-23-8-7-14-13-5-3-4-6-18(13)22-20(14)19(23)9-15(16)17(11-26-12)21(24)25-2/h3-6,11-12,15-16,19,22H,7-10H2,1-2H3/t12-,15?,16?,19?/m1/s1. The molecule has 1 saturated heterocycles. The van der Waals surface area contributed by atoms with Crippen molar-refractivity contribution in [2.45, 2.75) is 31.9 Å². The molecule has 0 spiro atoms. The smallest absolute Gasteiger partial charge is 0.337 e. The van der Waals surface area contributed by atoms with E-state index in [0.29, 0.717) is 17.5 Å². The van der Waals surface area contributed by atoms with Crippen LogP contribution in [-0.4, -0.2) is 42.2 Å². The van der Waals surface area contributed by atoms with Crippen molar-refractivity contribution in [2.75, 3.05) is 20.2 Å². The van der Waals surface area contributed by atoms with Crippen LogP contribution in [0.1, 0.15) is 30.6 Å². The summed E-state index contributed by atoms with van der Waals surface area (Å²) in [5, 5.41) is 1.34. The number of hydrogen-bond donors (Lipinski definition) is 1. The maximum Gasteiger partial charge on any atom is 0.337 e. The first-order valence-corrected chi connectivity index (χ1v) is 9.44. The lowest BCUT2D eigenvalue weighted by molar-refractivity contribution is -0.139. The fraction of sp³-hybridized carbons (Fsp3) is 0.476. The second-order valence-electron chi connectivity index (χ2n) is 7.74. The van der Waals surface area contributed by atoms with E-state index in [-0.39, 0.29) is 18.0 Å². The van der Waals surface area contributed by atoms with Crippen LogP contribution in [0.3, 0.4) is 0 Å². The number of carbonyl (C=O) groups is 1. The van der Waals surface area contributed by atoms with Crippen molar-refractivity contribution in [3.05, 3.63) is 47.4 Å². The number of ether oxygens (including phenoxy) is 2. The fourth-order valence-electron chi connectivity index (χ4n) is 5.19. The van der Waals surface area contributed by atoms with E-state index in [4.69, 9.17) is 9.47 Å². The number of carbonyl (C=O) groups excluding carboxylic acids is 1. The summed E-state index contributed by atoms with van der Waals surface area (Å²) in [5.41, 5.74) is 4.69. The minimum absolute atomic E-state index is 0.124. The Morgan fingerprint density at radius 1 is 1.35 bits per heavy atom. The average molecular weight is 352 g/mol. The Hall–Kier alpha value is -2.27. The van der Waals surface area contributed by atoms with Crippen molar-refractivity contribution in [2.24, 2.45) is 11.8 Å². The Balaban J connectivity index is 1.55. The molecule has 0 amide bonds. The minimum atomic E-state index is -0.256. The summed E-state index contributed by atoms with van der Waals surface area (Å²) in [7, 11) is 1.45. The molecule has 5 heteroatoms. The Labute approximate surface area is 153 Å². The first kappa shape index (κ1) is 15.9. The van der Waals surface area contributed by atoms with E-state index in [9.17, 15) is 4.79 Å². The number of nitrogens with one attached hydrogen (secondary N) is 1. The lowest BCUT2D eigenvalue weighted by Gasteiger charge is -2.49. The first-order valence-electron chi connectivity index (χ1n) is 9.44. The van der Waals surface area contributed by atoms with E-state index >= 15 is 0 Å². The second-order valence-corrected chi connectivity index (χ2v) is 7.74. The molecule has 0 bridgehead atoms. The highest BCUT2D eigenvalue weighted by atomic mass is 16.5. The summed E-state index contributed by atoms with van der Waals surface area (Å²) in [6, 6.07) is 8.88. The van der Waals surface area contributed by atoms with Gasteiger partial charge in [-0.15, -0.1) is 0 Å². The number of nitrogens with zero attached hydrogens (tertiary/aromatic N) is 1. The van der Waals surface area contributed by atoms with E-state index in [1.807, 2.05) is 0 Å². The van der Waals surface area contributed by atoms with Crippen LogP contribution in [0.2, 0.25) is 0 Å². The van der Waals surface area contributed by atoms with Crippen molar-refractivity contribution < 1.29 is 14.3 Å². The average Bonchev–Trinajstić information content (AvgIpc) is 3.06. The number of rotatable bonds is 1. The van der Waals surface area contributed by atoms with Crippen LogP contribution in [0, 0.1) is 11.8 Å². The normalized spacial score (nSPS) is 30.6. The molecule has 3 aliphatic rings. The molecule has 3 aliphatic heterocycles. The first-order chi connectivity index (χ1) is 12.7. The molecule has 1 aromatic heterocycles. The highest BCUT2D eigenvalue weighted by molar-refractivity contribution is 5.89. The third kappa shape index (κ3) is 2.23. The topological polar surface area (TPSA) is 54.6 Å². The van der Waals surface area contributed by atoms with Crippen LogP contribution in [0.25, 0.3) is 10.9 Å². The molecule has 26 heavy (non-hydrogen) atoms. The van der Waals surface area contributed by atoms with Gasteiger partial charge in [-0.05, 0) is 31.4 Å². The Kier molecular flexibility index (Phi) is 3.60. The van der Waals surface area contributed by atoms with E-state index in [1.165, 1.54) is 29.3 Å². The Bertz CT molecular complexity index is 900. The van der Waals surface area contributed by atoms with Crippen LogP contribution in [0.4, 0.5) is 0 Å². The predicted octanol–water partition coefficient (Wildman–Crippen LogP) is 3.18. The highest BCUT2D eigenvalue weighted by Crippen LogP contribution is 2.47. The number of fused-ring (bicyclic) bond motifs is 6. The van der Waals surface area contributed by atoms with Gasteiger partial charge in [0.05, 0.1) is 31.1 Å². The summed E-state index contributed by atoms with van der Waals surface area (Å²) in [5.74, 6) is 0.258. The van der Waals surface area contributed by atoms with Gasteiger partial charge in [0.25, 0.3) is 0 Å². The number of aromatic nitrogens is 1. The van der Waals surface area contributed by atoms with E-state index in [1.54, 1.807) is 6.26 Å². The third-order valence-electron chi connectivity index (χ3n) is 6.54.